The number of primary amides is 1. The molecule has 2 aliphatic rings. The van der Waals surface area contributed by atoms with Gasteiger partial charge in [-0.3, -0.25) is 4.79 Å². The molecule has 0 spiro atoms. The monoisotopic (exact) mass is 223 g/mol. The number of hydrogen-bond donors (Lipinski definition) is 1. The molecule has 3 heteroatoms. The number of ether oxygens (including phenoxy) is 1. The van der Waals surface area contributed by atoms with E-state index in [1.54, 1.807) is 0 Å². The Morgan fingerprint density at radius 3 is 2.62 bits per heavy atom. The molecular weight excluding hydrogens is 202 g/mol. The van der Waals surface area contributed by atoms with E-state index in [4.69, 9.17) is 10.5 Å². The van der Waals surface area contributed by atoms with Crippen molar-refractivity contribution in [3.05, 3.63) is 11.8 Å². The van der Waals surface area contributed by atoms with Crippen molar-refractivity contribution in [2.45, 2.75) is 51.6 Å². The lowest BCUT2D eigenvalue weighted by Crippen LogP contribution is -2.47. The largest absolute Gasteiger partial charge is 0.491 e. The molecule has 1 aliphatic heterocycles. The second kappa shape index (κ2) is 4.11. The number of allylic oxidation sites excluding steroid dienone is 1. The van der Waals surface area contributed by atoms with Gasteiger partial charge in [0.15, 0.2) is 0 Å². The number of rotatable bonds is 2. The first-order chi connectivity index (χ1) is 7.54. The fourth-order valence-corrected chi connectivity index (χ4v) is 3.22. The van der Waals surface area contributed by atoms with Crippen LogP contribution in [0.4, 0.5) is 0 Å². The molecule has 0 radical (unpaired) electrons. The number of amides is 1. The Balaban J connectivity index is 2.19. The van der Waals surface area contributed by atoms with Crippen molar-refractivity contribution in [2.75, 3.05) is 0 Å². The van der Waals surface area contributed by atoms with Gasteiger partial charge in [-0.15, -0.1) is 0 Å². The normalized spacial score (nSPS) is 35.6. The molecule has 1 heterocycles. The quantitative estimate of drug-likeness (QED) is 0.781. The molecule has 0 aromatic heterocycles. The van der Waals surface area contributed by atoms with E-state index in [0.29, 0.717) is 5.92 Å². The fourth-order valence-electron chi connectivity index (χ4n) is 3.22. The van der Waals surface area contributed by atoms with E-state index in [-0.39, 0.29) is 11.8 Å². The molecule has 2 unspecified atom stereocenters. The standard InChI is InChI=1S/C13H21NO2/c1-9-8-11(12(14)15)13(2,16-9)10-6-4-3-5-7-10/h8,10-11H,3-7H2,1-2H3,(H2,14,15). The van der Waals surface area contributed by atoms with Crippen LogP contribution in [-0.2, 0) is 9.53 Å². The first-order valence-electron chi connectivity index (χ1n) is 6.21. The molecule has 1 saturated carbocycles. The van der Waals surface area contributed by atoms with E-state index in [1.807, 2.05) is 19.9 Å². The van der Waals surface area contributed by atoms with Crippen molar-refractivity contribution in [2.24, 2.45) is 17.6 Å². The van der Waals surface area contributed by atoms with Crippen molar-refractivity contribution in [1.82, 2.24) is 0 Å². The van der Waals surface area contributed by atoms with Gasteiger partial charge >= 0.3 is 0 Å². The topological polar surface area (TPSA) is 52.3 Å². The Labute approximate surface area is 97.0 Å². The van der Waals surface area contributed by atoms with Gasteiger partial charge in [0.1, 0.15) is 5.60 Å². The molecule has 2 N–H and O–H groups in total. The zero-order valence-electron chi connectivity index (χ0n) is 10.2. The number of hydrogen-bond acceptors (Lipinski definition) is 2. The van der Waals surface area contributed by atoms with Crippen LogP contribution >= 0.6 is 0 Å². The summed E-state index contributed by atoms with van der Waals surface area (Å²) < 4.78 is 5.92. The minimum Gasteiger partial charge on any atom is -0.491 e. The fraction of sp³-hybridized carbons (Fsp3) is 0.769. The summed E-state index contributed by atoms with van der Waals surface area (Å²) >= 11 is 0. The Kier molecular flexibility index (Phi) is 2.96. The van der Waals surface area contributed by atoms with Gasteiger partial charge in [-0.2, -0.15) is 0 Å². The van der Waals surface area contributed by atoms with E-state index < -0.39 is 5.60 Å². The van der Waals surface area contributed by atoms with Gasteiger partial charge in [-0.25, -0.2) is 0 Å². The summed E-state index contributed by atoms with van der Waals surface area (Å²) in [7, 11) is 0. The van der Waals surface area contributed by atoms with Gasteiger partial charge in [-0.05, 0) is 38.7 Å². The molecule has 0 aromatic rings. The molecule has 90 valence electrons. The Bertz CT molecular complexity index is 318. The third-order valence-electron chi connectivity index (χ3n) is 4.12. The van der Waals surface area contributed by atoms with Crippen molar-refractivity contribution < 1.29 is 9.53 Å². The predicted molar refractivity (Wildman–Crippen MR) is 62.5 cm³/mol. The minimum absolute atomic E-state index is 0.254. The van der Waals surface area contributed by atoms with Crippen LogP contribution in [0.2, 0.25) is 0 Å². The summed E-state index contributed by atoms with van der Waals surface area (Å²) in [6.07, 6.45) is 7.99. The van der Waals surface area contributed by atoms with Gasteiger partial charge in [0, 0.05) is 0 Å². The maximum atomic E-state index is 11.5. The van der Waals surface area contributed by atoms with Crippen molar-refractivity contribution >= 4 is 5.91 Å². The average Bonchev–Trinajstić information content (AvgIpc) is 2.57. The summed E-state index contributed by atoms with van der Waals surface area (Å²) in [5, 5.41) is 0. The van der Waals surface area contributed by atoms with Gasteiger partial charge in [-0.1, -0.05) is 19.3 Å². The lowest BCUT2D eigenvalue weighted by atomic mass is 9.72. The van der Waals surface area contributed by atoms with Crippen LogP contribution in [-0.4, -0.2) is 11.5 Å². The van der Waals surface area contributed by atoms with Crippen molar-refractivity contribution in [3.63, 3.8) is 0 Å². The highest BCUT2D eigenvalue weighted by atomic mass is 16.5. The average molecular weight is 223 g/mol. The maximum Gasteiger partial charge on any atom is 0.228 e. The minimum atomic E-state index is -0.393. The highest BCUT2D eigenvalue weighted by Crippen LogP contribution is 2.44. The van der Waals surface area contributed by atoms with E-state index >= 15 is 0 Å². The van der Waals surface area contributed by atoms with Crippen molar-refractivity contribution in [1.29, 1.82) is 0 Å². The van der Waals surface area contributed by atoms with Crippen LogP contribution in [0.3, 0.4) is 0 Å². The maximum absolute atomic E-state index is 11.5. The van der Waals surface area contributed by atoms with Gasteiger partial charge in [0.25, 0.3) is 0 Å². The highest BCUT2D eigenvalue weighted by molar-refractivity contribution is 5.80. The van der Waals surface area contributed by atoms with Crippen LogP contribution in [0.25, 0.3) is 0 Å². The molecule has 1 amide bonds. The molecular formula is C13H21NO2. The second-order valence-corrected chi connectivity index (χ2v) is 5.28. The Hall–Kier alpha value is -0.990. The van der Waals surface area contributed by atoms with Crippen LogP contribution in [0, 0.1) is 11.8 Å². The van der Waals surface area contributed by atoms with E-state index in [2.05, 4.69) is 0 Å². The van der Waals surface area contributed by atoms with Gasteiger partial charge in [0.2, 0.25) is 5.91 Å². The number of nitrogens with two attached hydrogens (primary N) is 1. The molecule has 1 aliphatic carbocycles. The number of carbonyl (C=O) groups is 1. The first kappa shape index (κ1) is 11.5. The predicted octanol–water partition coefficient (Wildman–Crippen LogP) is 2.36. The van der Waals surface area contributed by atoms with E-state index in [0.717, 1.165) is 18.6 Å². The smallest absolute Gasteiger partial charge is 0.228 e. The molecule has 2 rings (SSSR count). The molecule has 0 saturated heterocycles. The second-order valence-electron chi connectivity index (χ2n) is 5.28. The number of carbonyl (C=O) groups excluding carboxylic acids is 1. The van der Waals surface area contributed by atoms with E-state index in [9.17, 15) is 4.79 Å². The lowest BCUT2D eigenvalue weighted by Gasteiger charge is -2.39. The summed E-state index contributed by atoms with van der Waals surface area (Å²) in [6.45, 7) is 3.95. The first-order valence-corrected chi connectivity index (χ1v) is 6.21. The summed E-state index contributed by atoms with van der Waals surface area (Å²) in [6, 6.07) is 0. The Morgan fingerprint density at radius 2 is 2.06 bits per heavy atom. The van der Waals surface area contributed by atoms with Gasteiger partial charge < -0.3 is 10.5 Å². The molecule has 1 fully saturated rings. The summed E-state index contributed by atoms with van der Waals surface area (Å²) in [5.74, 6) is 0.796. The zero-order chi connectivity index (χ0) is 11.8. The van der Waals surface area contributed by atoms with E-state index in [1.165, 1.54) is 19.3 Å². The van der Waals surface area contributed by atoms with Crippen LogP contribution in [0.5, 0.6) is 0 Å². The zero-order valence-corrected chi connectivity index (χ0v) is 10.2. The highest BCUT2D eigenvalue weighted by Gasteiger charge is 2.48. The van der Waals surface area contributed by atoms with Crippen LogP contribution in [0.15, 0.2) is 11.8 Å². The Morgan fingerprint density at radius 1 is 1.44 bits per heavy atom. The van der Waals surface area contributed by atoms with Crippen LogP contribution < -0.4 is 5.73 Å². The summed E-state index contributed by atoms with van der Waals surface area (Å²) in [5.41, 5.74) is 5.09. The van der Waals surface area contributed by atoms with Gasteiger partial charge in [0.05, 0.1) is 11.7 Å². The lowest BCUT2D eigenvalue weighted by molar-refractivity contribution is -0.130. The summed E-state index contributed by atoms with van der Waals surface area (Å²) in [4.78, 5) is 11.5. The molecule has 0 aromatic carbocycles. The third-order valence-corrected chi connectivity index (χ3v) is 4.12. The third kappa shape index (κ3) is 1.83. The van der Waals surface area contributed by atoms with Crippen molar-refractivity contribution in [3.8, 4) is 0 Å². The molecule has 16 heavy (non-hydrogen) atoms. The molecule has 2 atom stereocenters. The van der Waals surface area contributed by atoms with Crippen LogP contribution in [0.1, 0.15) is 46.0 Å². The SMILES string of the molecule is CC1=CC(C(N)=O)C(C)(C2CCCCC2)O1. The molecule has 3 nitrogen and oxygen atoms in total. The molecule has 0 bridgehead atoms.